The second-order valence-electron chi connectivity index (χ2n) is 4.28. The first kappa shape index (κ1) is 14.0. The number of alkyl halides is 3. The van der Waals surface area contributed by atoms with Crippen LogP contribution in [0.2, 0.25) is 0 Å². The van der Waals surface area contributed by atoms with Gasteiger partial charge in [0.1, 0.15) is 0 Å². The van der Waals surface area contributed by atoms with Crippen molar-refractivity contribution in [3.8, 4) is 0 Å². The zero-order valence-electron chi connectivity index (χ0n) is 10.4. The van der Waals surface area contributed by atoms with Gasteiger partial charge in [-0.15, -0.1) is 0 Å². The maximum atomic E-state index is 12.2. The Morgan fingerprint density at radius 3 is 2.41 bits per heavy atom. The molecule has 0 amide bonds. The first-order valence-corrected chi connectivity index (χ1v) is 5.65. The molecule has 1 rings (SSSR count). The van der Waals surface area contributed by atoms with Crippen molar-refractivity contribution in [2.24, 2.45) is 0 Å². The number of rotatable bonds is 4. The smallest absolute Gasteiger partial charge is 0.313 e. The molecule has 0 fully saturated rings. The molecule has 17 heavy (non-hydrogen) atoms. The largest absolute Gasteiger partial charge is 0.389 e. The van der Waals surface area contributed by atoms with E-state index in [-0.39, 0.29) is 12.5 Å². The normalized spacial score (nSPS) is 13.8. The van der Waals surface area contributed by atoms with Crippen LogP contribution >= 0.6 is 0 Å². The minimum Gasteiger partial charge on any atom is -0.313 e. The fourth-order valence-electron chi connectivity index (χ4n) is 1.91. The molecule has 0 saturated heterocycles. The van der Waals surface area contributed by atoms with Crippen LogP contribution in [0.1, 0.15) is 35.6 Å². The van der Waals surface area contributed by atoms with Crippen LogP contribution in [0.5, 0.6) is 0 Å². The van der Waals surface area contributed by atoms with Gasteiger partial charge in [0.2, 0.25) is 0 Å². The van der Waals surface area contributed by atoms with Gasteiger partial charge in [0.15, 0.2) is 0 Å². The average Bonchev–Trinajstić information content (AvgIpc) is 2.23. The van der Waals surface area contributed by atoms with Crippen LogP contribution in [-0.2, 0) is 0 Å². The predicted molar refractivity (Wildman–Crippen MR) is 63.0 cm³/mol. The molecule has 1 N–H and O–H groups in total. The quantitative estimate of drug-likeness (QED) is 0.848. The van der Waals surface area contributed by atoms with Crippen LogP contribution in [0.15, 0.2) is 18.2 Å². The van der Waals surface area contributed by atoms with Crippen molar-refractivity contribution < 1.29 is 13.2 Å². The molecule has 96 valence electrons. The van der Waals surface area contributed by atoms with E-state index in [0.29, 0.717) is 0 Å². The van der Waals surface area contributed by atoms with Crippen LogP contribution in [0, 0.1) is 13.8 Å². The van der Waals surface area contributed by atoms with E-state index in [9.17, 15) is 13.2 Å². The minimum absolute atomic E-state index is 0.0737. The summed E-state index contributed by atoms with van der Waals surface area (Å²) in [5.74, 6) is 0. The van der Waals surface area contributed by atoms with Gasteiger partial charge < -0.3 is 5.32 Å². The molecule has 0 aliphatic rings. The summed E-state index contributed by atoms with van der Waals surface area (Å²) in [5.41, 5.74) is 3.13. The topological polar surface area (TPSA) is 12.0 Å². The molecule has 0 saturated carbocycles. The van der Waals surface area contributed by atoms with E-state index < -0.39 is 12.6 Å². The molecule has 0 aliphatic carbocycles. The van der Waals surface area contributed by atoms with E-state index in [2.05, 4.69) is 5.32 Å². The van der Waals surface area contributed by atoms with Gasteiger partial charge in [-0.1, -0.05) is 18.2 Å². The van der Waals surface area contributed by atoms with Gasteiger partial charge in [-0.3, -0.25) is 0 Å². The first-order chi connectivity index (χ1) is 7.85. The van der Waals surface area contributed by atoms with Crippen LogP contribution < -0.4 is 5.32 Å². The highest BCUT2D eigenvalue weighted by molar-refractivity contribution is 5.35. The lowest BCUT2D eigenvalue weighted by Gasteiger charge is -2.20. The van der Waals surface area contributed by atoms with Gasteiger partial charge in [-0.2, -0.15) is 13.2 Å². The average molecular weight is 245 g/mol. The van der Waals surface area contributed by atoms with Crippen LogP contribution in [0.4, 0.5) is 13.2 Å². The summed E-state index contributed by atoms with van der Waals surface area (Å²) in [6.45, 7) is 3.91. The Morgan fingerprint density at radius 2 is 1.88 bits per heavy atom. The third-order valence-corrected chi connectivity index (χ3v) is 3.09. The number of halogens is 3. The summed E-state index contributed by atoms with van der Waals surface area (Å²) in [4.78, 5) is 0. The van der Waals surface area contributed by atoms with Crippen molar-refractivity contribution in [3.05, 3.63) is 34.9 Å². The van der Waals surface area contributed by atoms with E-state index >= 15 is 0 Å². The van der Waals surface area contributed by atoms with Gasteiger partial charge >= 0.3 is 6.18 Å². The monoisotopic (exact) mass is 245 g/mol. The summed E-state index contributed by atoms with van der Waals surface area (Å²) in [7, 11) is 1.70. The van der Waals surface area contributed by atoms with Crippen molar-refractivity contribution in [2.45, 2.75) is 38.9 Å². The molecule has 1 atom stereocenters. The number of hydrogen-bond donors (Lipinski definition) is 1. The second-order valence-corrected chi connectivity index (χ2v) is 4.28. The highest BCUT2D eigenvalue weighted by Gasteiger charge is 2.28. The summed E-state index contributed by atoms with van der Waals surface area (Å²) in [6, 6.07) is 5.50. The lowest BCUT2D eigenvalue weighted by Crippen LogP contribution is -2.20. The van der Waals surface area contributed by atoms with Gasteiger partial charge in [0.25, 0.3) is 0 Å². The first-order valence-electron chi connectivity index (χ1n) is 5.65. The zero-order chi connectivity index (χ0) is 13.1. The number of aryl methyl sites for hydroxylation is 1. The molecule has 1 aromatic rings. The van der Waals surface area contributed by atoms with Crippen LogP contribution in [0.25, 0.3) is 0 Å². The Balaban J connectivity index is 2.83. The molecule has 1 unspecified atom stereocenters. The molecular weight excluding hydrogens is 227 g/mol. The van der Waals surface area contributed by atoms with Crippen molar-refractivity contribution in [3.63, 3.8) is 0 Å². The summed E-state index contributed by atoms with van der Waals surface area (Å²) >= 11 is 0. The Labute approximate surface area is 100 Å². The summed E-state index contributed by atoms with van der Waals surface area (Å²) < 4.78 is 36.7. The Hall–Kier alpha value is -1.03. The molecular formula is C13H18F3N. The van der Waals surface area contributed by atoms with Gasteiger partial charge in [0, 0.05) is 12.5 Å². The van der Waals surface area contributed by atoms with E-state index in [4.69, 9.17) is 0 Å². The number of hydrogen-bond acceptors (Lipinski definition) is 1. The van der Waals surface area contributed by atoms with E-state index in [1.54, 1.807) is 7.05 Å². The number of nitrogens with one attached hydrogen (secondary N) is 1. The second kappa shape index (κ2) is 5.54. The van der Waals surface area contributed by atoms with E-state index in [1.807, 2.05) is 32.0 Å². The SMILES string of the molecule is CNC(CCC(F)(F)F)c1cccc(C)c1C. The van der Waals surface area contributed by atoms with Gasteiger partial charge in [-0.25, -0.2) is 0 Å². The Morgan fingerprint density at radius 1 is 1.24 bits per heavy atom. The molecule has 0 heterocycles. The summed E-state index contributed by atoms with van der Waals surface area (Å²) in [5, 5.41) is 2.96. The molecule has 0 aromatic heterocycles. The maximum absolute atomic E-state index is 12.2. The Bertz CT molecular complexity index is 371. The van der Waals surface area contributed by atoms with Gasteiger partial charge in [0.05, 0.1) is 0 Å². The molecule has 0 spiro atoms. The fourth-order valence-corrected chi connectivity index (χ4v) is 1.91. The van der Waals surface area contributed by atoms with Gasteiger partial charge in [-0.05, 0) is 44.0 Å². The van der Waals surface area contributed by atoms with Crippen molar-refractivity contribution in [1.82, 2.24) is 5.32 Å². The fraction of sp³-hybridized carbons (Fsp3) is 0.538. The molecule has 0 radical (unpaired) electrons. The third-order valence-electron chi connectivity index (χ3n) is 3.09. The van der Waals surface area contributed by atoms with E-state index in [0.717, 1.165) is 16.7 Å². The molecule has 1 aromatic carbocycles. The van der Waals surface area contributed by atoms with E-state index in [1.165, 1.54) is 0 Å². The lowest BCUT2D eigenvalue weighted by atomic mass is 9.94. The third kappa shape index (κ3) is 4.04. The predicted octanol–water partition coefficient (Wildman–Crippen LogP) is 3.91. The van der Waals surface area contributed by atoms with Crippen molar-refractivity contribution >= 4 is 0 Å². The standard InChI is InChI=1S/C13H18F3N/c1-9-5-4-6-11(10(9)2)12(17-3)7-8-13(14,15)16/h4-6,12,17H,7-8H2,1-3H3. The van der Waals surface area contributed by atoms with Crippen molar-refractivity contribution in [2.75, 3.05) is 7.05 Å². The molecule has 0 bridgehead atoms. The minimum atomic E-state index is -4.09. The van der Waals surface area contributed by atoms with Crippen molar-refractivity contribution in [1.29, 1.82) is 0 Å². The lowest BCUT2D eigenvalue weighted by molar-refractivity contribution is -0.136. The van der Waals surface area contributed by atoms with Crippen LogP contribution in [-0.4, -0.2) is 13.2 Å². The summed E-state index contributed by atoms with van der Waals surface area (Å²) in [6.07, 6.45) is -4.77. The molecule has 0 aliphatic heterocycles. The highest BCUT2D eigenvalue weighted by atomic mass is 19.4. The number of benzene rings is 1. The molecule has 1 nitrogen and oxygen atoms in total. The maximum Gasteiger partial charge on any atom is 0.389 e. The molecule has 4 heteroatoms. The zero-order valence-corrected chi connectivity index (χ0v) is 10.4. The highest BCUT2D eigenvalue weighted by Crippen LogP contribution is 2.29. The Kier molecular flexibility index (Phi) is 4.57. The van der Waals surface area contributed by atoms with Crippen LogP contribution in [0.3, 0.4) is 0 Å².